The molecule has 0 amide bonds. The summed E-state index contributed by atoms with van der Waals surface area (Å²) in [7, 11) is -3.68. The fraction of sp³-hybridized carbons (Fsp3) is 0.406. The van der Waals surface area contributed by atoms with Crippen molar-refractivity contribution < 1.29 is 12.8 Å². The third-order valence-electron chi connectivity index (χ3n) is 7.94. The fourth-order valence-electron chi connectivity index (χ4n) is 5.48. The highest BCUT2D eigenvalue weighted by molar-refractivity contribution is 7.91. The molecule has 0 unspecified atom stereocenters. The first-order valence-electron chi connectivity index (χ1n) is 14.2. The molecule has 2 aliphatic heterocycles. The third-order valence-corrected chi connectivity index (χ3v) is 10.4. The Morgan fingerprint density at radius 2 is 1.43 bits per heavy atom. The van der Waals surface area contributed by atoms with Gasteiger partial charge in [0.1, 0.15) is 5.82 Å². The maximum Gasteiger partial charge on any atom is 0.206 e. The van der Waals surface area contributed by atoms with E-state index in [1.165, 1.54) is 17.8 Å². The van der Waals surface area contributed by atoms with E-state index in [0.717, 1.165) is 99.3 Å². The van der Waals surface area contributed by atoms with Crippen LogP contribution in [0.2, 0.25) is 5.02 Å². The van der Waals surface area contributed by atoms with Gasteiger partial charge in [0.25, 0.3) is 0 Å². The number of likely N-dealkylation sites (tertiary alicyclic amines) is 1. The molecule has 0 spiro atoms. The molecule has 0 radical (unpaired) electrons. The number of rotatable bonds is 9. The van der Waals surface area contributed by atoms with E-state index in [0.29, 0.717) is 6.04 Å². The van der Waals surface area contributed by atoms with Gasteiger partial charge in [0.15, 0.2) is 0 Å². The Labute approximate surface area is 260 Å². The quantitative estimate of drug-likeness (QED) is 0.207. The number of nitrogens with zero attached hydrogens (tertiary/aromatic N) is 3. The Kier molecular flexibility index (Phi) is 11.2. The SMILES string of the molecule is C.O=S(=O)(c1ccc(F)cc1)c1ccc(NC2CCN(C(=S)CCCN3CCN(c4ccc(Cl)cc4)CC3)CC2)cc1. The van der Waals surface area contributed by atoms with E-state index in [9.17, 15) is 12.8 Å². The second-order valence-corrected chi connectivity index (χ2v) is 13.5. The zero-order valence-electron chi connectivity index (χ0n) is 23.0. The number of piperidine rings is 1. The molecule has 2 saturated heterocycles. The van der Waals surface area contributed by atoms with Crippen LogP contribution in [0, 0.1) is 5.82 Å². The van der Waals surface area contributed by atoms with E-state index >= 15 is 0 Å². The van der Waals surface area contributed by atoms with Crippen LogP contribution in [0.5, 0.6) is 0 Å². The number of thiocarbonyl (C=S) groups is 1. The van der Waals surface area contributed by atoms with Gasteiger partial charge in [-0.2, -0.15) is 0 Å². The molecule has 0 saturated carbocycles. The van der Waals surface area contributed by atoms with Gasteiger partial charge in [0.05, 0.1) is 14.8 Å². The minimum Gasteiger partial charge on any atom is -0.382 e. The van der Waals surface area contributed by atoms with Gasteiger partial charge in [-0.1, -0.05) is 31.2 Å². The molecule has 1 N–H and O–H groups in total. The number of anilines is 2. The minimum absolute atomic E-state index is 0. The summed E-state index contributed by atoms with van der Waals surface area (Å²) in [6, 6.07) is 20.1. The number of nitrogens with one attached hydrogen (secondary N) is 1. The number of halogens is 2. The monoisotopic (exact) mass is 630 g/mol. The van der Waals surface area contributed by atoms with E-state index in [1.807, 2.05) is 12.1 Å². The summed E-state index contributed by atoms with van der Waals surface area (Å²) in [4.78, 5) is 8.61. The molecule has 5 rings (SSSR count). The van der Waals surface area contributed by atoms with Crippen LogP contribution in [0.4, 0.5) is 15.8 Å². The van der Waals surface area contributed by atoms with Crippen molar-refractivity contribution in [2.75, 3.05) is 56.0 Å². The highest BCUT2D eigenvalue weighted by Crippen LogP contribution is 2.25. The number of benzene rings is 3. The average molecular weight is 631 g/mol. The van der Waals surface area contributed by atoms with Gasteiger partial charge >= 0.3 is 0 Å². The highest BCUT2D eigenvalue weighted by Gasteiger charge is 2.22. The lowest BCUT2D eigenvalue weighted by Crippen LogP contribution is -2.47. The Morgan fingerprint density at radius 1 is 0.857 bits per heavy atom. The standard InChI is InChI=1S/C31H36ClFN4O2S2.CH4/c32-24-3-9-28(10-4-24)36-22-20-35(21-23-36)17-1-2-31(40)37-18-15-27(16-19-37)34-26-7-13-30(14-8-26)41(38,39)29-11-5-25(33)6-12-29;/h3-14,27,34H,1-2,15-23H2;1H4. The Hall–Kier alpha value is -2.72. The van der Waals surface area contributed by atoms with E-state index in [4.69, 9.17) is 23.8 Å². The Bertz CT molecular complexity index is 1400. The summed E-state index contributed by atoms with van der Waals surface area (Å²) in [5, 5.41) is 4.31. The number of sulfone groups is 1. The van der Waals surface area contributed by atoms with Crippen molar-refractivity contribution in [3.05, 3.63) is 83.6 Å². The molecule has 0 bridgehead atoms. The summed E-state index contributed by atoms with van der Waals surface area (Å²) in [5.74, 6) is -0.462. The van der Waals surface area contributed by atoms with E-state index in [1.54, 1.807) is 24.3 Å². The highest BCUT2D eigenvalue weighted by atomic mass is 35.5. The van der Waals surface area contributed by atoms with Crippen LogP contribution in [0.25, 0.3) is 0 Å². The minimum atomic E-state index is -3.68. The smallest absolute Gasteiger partial charge is 0.206 e. The van der Waals surface area contributed by atoms with Crippen molar-refractivity contribution >= 4 is 50.0 Å². The van der Waals surface area contributed by atoms with Crippen LogP contribution < -0.4 is 10.2 Å². The zero-order chi connectivity index (χ0) is 28.8. The summed E-state index contributed by atoms with van der Waals surface area (Å²) in [5.41, 5.74) is 2.13. The average Bonchev–Trinajstić information content (AvgIpc) is 2.99. The summed E-state index contributed by atoms with van der Waals surface area (Å²) in [6.45, 7) is 7.09. The lowest BCUT2D eigenvalue weighted by atomic mass is 10.0. The van der Waals surface area contributed by atoms with Crippen molar-refractivity contribution in [2.24, 2.45) is 0 Å². The first-order chi connectivity index (χ1) is 19.8. The number of hydrogen-bond acceptors (Lipinski definition) is 6. The molecule has 3 aromatic carbocycles. The summed E-state index contributed by atoms with van der Waals surface area (Å²) in [6.07, 6.45) is 3.96. The van der Waals surface area contributed by atoms with Crippen LogP contribution in [0.15, 0.2) is 82.6 Å². The molecule has 6 nitrogen and oxygen atoms in total. The van der Waals surface area contributed by atoms with Crippen LogP contribution in [0.3, 0.4) is 0 Å². The van der Waals surface area contributed by atoms with E-state index in [-0.39, 0.29) is 17.2 Å². The molecule has 0 aromatic heterocycles. The predicted molar refractivity (Wildman–Crippen MR) is 175 cm³/mol. The molecule has 2 heterocycles. The van der Waals surface area contributed by atoms with Gasteiger partial charge < -0.3 is 15.1 Å². The summed E-state index contributed by atoms with van der Waals surface area (Å²) < 4.78 is 38.8. The number of piperazine rings is 1. The Balaban J connectivity index is 0.00000405. The lowest BCUT2D eigenvalue weighted by Gasteiger charge is -2.37. The van der Waals surface area contributed by atoms with Crippen LogP contribution in [0.1, 0.15) is 33.1 Å². The second kappa shape index (κ2) is 14.6. The fourth-order valence-corrected chi connectivity index (χ4v) is 7.20. The largest absolute Gasteiger partial charge is 0.382 e. The van der Waals surface area contributed by atoms with Crippen LogP contribution >= 0.6 is 23.8 Å². The van der Waals surface area contributed by atoms with Gasteiger partial charge in [0.2, 0.25) is 9.84 Å². The lowest BCUT2D eigenvalue weighted by molar-refractivity contribution is 0.254. The van der Waals surface area contributed by atoms with Crippen LogP contribution in [-0.4, -0.2) is 75.1 Å². The van der Waals surface area contributed by atoms with E-state index < -0.39 is 15.7 Å². The first kappa shape index (κ1) is 32.2. The maximum atomic E-state index is 13.2. The maximum absolute atomic E-state index is 13.2. The van der Waals surface area contributed by atoms with E-state index in [2.05, 4.69) is 32.1 Å². The third kappa shape index (κ3) is 8.22. The molecule has 42 heavy (non-hydrogen) atoms. The molecular formula is C32H40ClFN4O2S2. The molecular weight excluding hydrogens is 591 g/mol. The topological polar surface area (TPSA) is 55.9 Å². The molecule has 226 valence electrons. The number of hydrogen-bond donors (Lipinski definition) is 1. The Morgan fingerprint density at radius 3 is 2.02 bits per heavy atom. The van der Waals surface area contributed by atoms with Crippen molar-refractivity contribution in [1.29, 1.82) is 0 Å². The summed E-state index contributed by atoms with van der Waals surface area (Å²) >= 11 is 11.8. The normalized spacial score (nSPS) is 16.6. The van der Waals surface area contributed by atoms with Crippen molar-refractivity contribution in [1.82, 2.24) is 9.80 Å². The van der Waals surface area contributed by atoms with Crippen molar-refractivity contribution in [3.8, 4) is 0 Å². The zero-order valence-corrected chi connectivity index (χ0v) is 25.4. The van der Waals surface area contributed by atoms with Gasteiger partial charge in [-0.05, 0) is 105 Å². The van der Waals surface area contributed by atoms with Gasteiger partial charge in [0, 0.05) is 61.7 Å². The predicted octanol–water partition coefficient (Wildman–Crippen LogP) is 6.75. The van der Waals surface area contributed by atoms with Gasteiger partial charge in [-0.3, -0.25) is 4.90 Å². The molecule has 0 atom stereocenters. The van der Waals surface area contributed by atoms with Crippen LogP contribution in [-0.2, 0) is 9.84 Å². The molecule has 2 aliphatic rings. The van der Waals surface area contributed by atoms with Crippen molar-refractivity contribution in [2.45, 2.75) is 48.9 Å². The van der Waals surface area contributed by atoms with Crippen molar-refractivity contribution in [3.63, 3.8) is 0 Å². The molecule has 3 aromatic rings. The molecule has 0 aliphatic carbocycles. The van der Waals surface area contributed by atoms with Gasteiger partial charge in [-0.15, -0.1) is 0 Å². The molecule has 2 fully saturated rings. The molecule has 10 heteroatoms. The first-order valence-corrected chi connectivity index (χ1v) is 16.4. The second-order valence-electron chi connectivity index (χ2n) is 10.7. The van der Waals surface area contributed by atoms with Gasteiger partial charge in [-0.25, -0.2) is 12.8 Å².